The maximum atomic E-state index is 15.0. The third-order valence-electron chi connectivity index (χ3n) is 6.70. The minimum atomic E-state index is -4.07. The lowest BCUT2D eigenvalue weighted by Crippen LogP contribution is -2.49. The van der Waals surface area contributed by atoms with Crippen LogP contribution < -0.4 is 4.72 Å². The Labute approximate surface area is 224 Å². The number of benzene rings is 2. The number of carbonyl (C=O) groups excluding carboxylic acids is 1. The molecule has 198 valence electrons. The molecule has 1 saturated heterocycles. The number of halogens is 3. The lowest BCUT2D eigenvalue weighted by atomic mass is 10.0. The number of nitrogens with zero attached hydrogens (tertiary/aromatic N) is 3. The van der Waals surface area contributed by atoms with Crippen molar-refractivity contribution in [2.24, 2.45) is 0 Å². The van der Waals surface area contributed by atoms with Crippen molar-refractivity contribution < 1.29 is 22.0 Å². The van der Waals surface area contributed by atoms with Gasteiger partial charge in [0.2, 0.25) is 10.0 Å². The Kier molecular flexibility index (Phi) is 7.58. The standard InChI is InChI=1S/C27H25ClF2N4O3S/c28-21-8-6-20(22(29)16-21)17-33-11-13-34(14-12-33)27(35)19-7-9-24(23(30)15-19)32-38(36,37)25-5-1-3-18-4-2-10-31-26(18)25/h1-8,10,15-16,24,32H,9,11-14,17H2. The zero-order valence-electron chi connectivity index (χ0n) is 20.3. The molecule has 1 aliphatic carbocycles. The maximum absolute atomic E-state index is 15.0. The van der Waals surface area contributed by atoms with Crippen LogP contribution in [-0.2, 0) is 21.4 Å². The van der Waals surface area contributed by atoms with Crippen molar-refractivity contribution in [3.05, 3.63) is 94.7 Å². The van der Waals surface area contributed by atoms with E-state index in [-0.39, 0.29) is 28.6 Å². The van der Waals surface area contributed by atoms with Gasteiger partial charge >= 0.3 is 0 Å². The van der Waals surface area contributed by atoms with E-state index in [2.05, 4.69) is 9.71 Å². The summed E-state index contributed by atoms with van der Waals surface area (Å²) in [5, 5.41) is 0.990. The fourth-order valence-electron chi connectivity index (χ4n) is 4.65. The van der Waals surface area contributed by atoms with Gasteiger partial charge in [-0.3, -0.25) is 14.7 Å². The van der Waals surface area contributed by atoms with E-state index in [1.54, 1.807) is 47.4 Å². The molecule has 3 aromatic rings. The molecule has 1 N–H and O–H groups in total. The summed E-state index contributed by atoms with van der Waals surface area (Å²) in [5.41, 5.74) is 1.01. The van der Waals surface area contributed by atoms with Crippen LogP contribution >= 0.6 is 11.6 Å². The Morgan fingerprint density at radius 1 is 1.08 bits per heavy atom. The summed E-state index contributed by atoms with van der Waals surface area (Å²) in [4.78, 5) is 20.8. The number of aromatic nitrogens is 1. The van der Waals surface area contributed by atoms with Crippen LogP contribution in [0.25, 0.3) is 10.9 Å². The van der Waals surface area contributed by atoms with Crippen molar-refractivity contribution in [2.45, 2.75) is 23.9 Å². The van der Waals surface area contributed by atoms with Crippen LogP contribution in [0.5, 0.6) is 0 Å². The summed E-state index contributed by atoms with van der Waals surface area (Å²) >= 11 is 5.82. The molecular weight excluding hydrogens is 534 g/mol. The molecule has 1 aromatic heterocycles. The summed E-state index contributed by atoms with van der Waals surface area (Å²) < 4.78 is 57.6. The lowest BCUT2D eigenvalue weighted by Gasteiger charge is -2.35. The number of fused-ring (bicyclic) bond motifs is 1. The average Bonchev–Trinajstić information content (AvgIpc) is 2.91. The highest BCUT2D eigenvalue weighted by Crippen LogP contribution is 2.26. The molecule has 1 fully saturated rings. The molecule has 5 rings (SSSR count). The van der Waals surface area contributed by atoms with Crippen molar-refractivity contribution in [2.75, 3.05) is 26.2 Å². The number of sulfonamides is 1. The highest BCUT2D eigenvalue weighted by atomic mass is 35.5. The highest BCUT2D eigenvalue weighted by molar-refractivity contribution is 7.89. The van der Waals surface area contributed by atoms with E-state index in [1.165, 1.54) is 18.3 Å². The molecule has 2 heterocycles. The summed E-state index contributed by atoms with van der Waals surface area (Å²) in [7, 11) is -4.07. The number of piperazine rings is 1. The van der Waals surface area contributed by atoms with Crippen LogP contribution in [0.4, 0.5) is 8.78 Å². The number of rotatable bonds is 6. The summed E-state index contributed by atoms with van der Waals surface area (Å²) in [6.07, 6.45) is 4.14. The van der Waals surface area contributed by atoms with Crippen molar-refractivity contribution in [3.63, 3.8) is 0 Å². The number of para-hydroxylation sites is 1. The fraction of sp³-hybridized carbons (Fsp3) is 0.259. The van der Waals surface area contributed by atoms with Crippen LogP contribution in [0, 0.1) is 5.82 Å². The van der Waals surface area contributed by atoms with Crippen LogP contribution in [0.1, 0.15) is 12.0 Å². The molecule has 2 aromatic carbocycles. The number of hydrogen-bond donors (Lipinski definition) is 1. The second-order valence-corrected chi connectivity index (χ2v) is 11.4. The van der Waals surface area contributed by atoms with E-state index in [0.29, 0.717) is 54.2 Å². The van der Waals surface area contributed by atoms with E-state index in [0.717, 1.165) is 6.08 Å². The van der Waals surface area contributed by atoms with E-state index in [4.69, 9.17) is 11.6 Å². The van der Waals surface area contributed by atoms with Crippen molar-refractivity contribution >= 4 is 38.4 Å². The van der Waals surface area contributed by atoms with Crippen molar-refractivity contribution in [1.82, 2.24) is 19.5 Å². The summed E-state index contributed by atoms with van der Waals surface area (Å²) in [6.45, 7) is 2.29. The maximum Gasteiger partial charge on any atom is 0.253 e. The average molecular weight is 559 g/mol. The lowest BCUT2D eigenvalue weighted by molar-refractivity contribution is -0.128. The molecule has 1 aliphatic heterocycles. The Morgan fingerprint density at radius 3 is 2.58 bits per heavy atom. The first-order valence-electron chi connectivity index (χ1n) is 12.1. The Balaban J connectivity index is 1.20. The first kappa shape index (κ1) is 26.4. The molecule has 1 amide bonds. The second-order valence-electron chi connectivity index (χ2n) is 9.23. The van der Waals surface area contributed by atoms with Gasteiger partial charge in [-0.2, -0.15) is 0 Å². The molecule has 0 bridgehead atoms. The van der Waals surface area contributed by atoms with Crippen LogP contribution in [0.15, 0.2) is 83.2 Å². The van der Waals surface area contributed by atoms with Gasteiger partial charge in [0.05, 0.1) is 11.6 Å². The monoisotopic (exact) mass is 558 g/mol. The molecule has 38 heavy (non-hydrogen) atoms. The topological polar surface area (TPSA) is 82.6 Å². The third kappa shape index (κ3) is 5.63. The Morgan fingerprint density at radius 2 is 1.84 bits per heavy atom. The minimum Gasteiger partial charge on any atom is -0.336 e. The third-order valence-corrected chi connectivity index (χ3v) is 8.44. The number of carbonyl (C=O) groups is 1. The van der Waals surface area contributed by atoms with Crippen LogP contribution in [0.2, 0.25) is 5.02 Å². The van der Waals surface area contributed by atoms with Gasteiger partial charge in [-0.25, -0.2) is 21.9 Å². The summed E-state index contributed by atoms with van der Waals surface area (Å²) in [6, 6.07) is 11.7. The number of amides is 1. The first-order chi connectivity index (χ1) is 18.2. The van der Waals surface area contributed by atoms with Crippen LogP contribution in [-0.4, -0.2) is 61.3 Å². The van der Waals surface area contributed by atoms with Gasteiger partial charge in [0.25, 0.3) is 5.91 Å². The first-order valence-corrected chi connectivity index (χ1v) is 14.0. The van der Waals surface area contributed by atoms with Crippen molar-refractivity contribution in [3.8, 4) is 0 Å². The second kappa shape index (κ2) is 10.9. The molecule has 7 nitrogen and oxygen atoms in total. The molecule has 0 spiro atoms. The molecule has 11 heteroatoms. The predicted molar refractivity (Wildman–Crippen MR) is 141 cm³/mol. The van der Waals surface area contributed by atoms with Gasteiger partial charge in [0, 0.05) is 60.5 Å². The summed E-state index contributed by atoms with van der Waals surface area (Å²) in [5.74, 6) is -1.42. The quantitative estimate of drug-likeness (QED) is 0.490. The zero-order valence-corrected chi connectivity index (χ0v) is 21.9. The highest BCUT2D eigenvalue weighted by Gasteiger charge is 2.30. The van der Waals surface area contributed by atoms with E-state index in [9.17, 15) is 17.6 Å². The Hall–Kier alpha value is -3.18. The van der Waals surface area contributed by atoms with Gasteiger partial charge in [0.15, 0.2) is 0 Å². The molecule has 0 saturated carbocycles. The minimum absolute atomic E-state index is 0.00333. The van der Waals surface area contributed by atoms with Gasteiger partial charge in [-0.1, -0.05) is 41.9 Å². The van der Waals surface area contributed by atoms with Crippen molar-refractivity contribution in [1.29, 1.82) is 0 Å². The molecule has 1 unspecified atom stereocenters. The SMILES string of the molecule is O=C(C1=CCC(NS(=O)(=O)c2cccc3cccnc23)C(F)=C1)N1CCN(Cc2ccc(Cl)cc2F)CC1. The molecule has 1 atom stereocenters. The van der Waals surface area contributed by atoms with E-state index in [1.807, 2.05) is 4.90 Å². The van der Waals surface area contributed by atoms with Gasteiger partial charge in [-0.05, 0) is 36.8 Å². The smallest absolute Gasteiger partial charge is 0.253 e. The van der Waals surface area contributed by atoms with Gasteiger partial charge in [0.1, 0.15) is 16.5 Å². The molecule has 0 radical (unpaired) electrons. The molecule has 2 aliphatic rings. The number of pyridine rings is 1. The van der Waals surface area contributed by atoms with Crippen LogP contribution in [0.3, 0.4) is 0 Å². The Bertz CT molecular complexity index is 1550. The fourth-order valence-corrected chi connectivity index (χ4v) is 6.20. The van der Waals surface area contributed by atoms with Gasteiger partial charge in [-0.15, -0.1) is 0 Å². The predicted octanol–water partition coefficient (Wildman–Crippen LogP) is 4.20. The number of hydrogen-bond acceptors (Lipinski definition) is 5. The zero-order chi connectivity index (χ0) is 26.9. The van der Waals surface area contributed by atoms with Gasteiger partial charge < -0.3 is 4.90 Å². The number of nitrogens with one attached hydrogen (secondary N) is 1. The molecular formula is C27H25ClF2N4O3S. The van der Waals surface area contributed by atoms with E-state index >= 15 is 4.39 Å². The van der Waals surface area contributed by atoms with E-state index < -0.39 is 21.9 Å². The normalized spacial score (nSPS) is 18.8. The largest absolute Gasteiger partial charge is 0.336 e.